The van der Waals surface area contributed by atoms with Crippen molar-refractivity contribution >= 4 is 35.6 Å². The summed E-state index contributed by atoms with van der Waals surface area (Å²) in [5, 5.41) is 2.18. The number of carbonyl (C=O) groups excluding carboxylic acids is 4. The van der Waals surface area contributed by atoms with Gasteiger partial charge in [0.15, 0.2) is 6.61 Å². The molecule has 0 radical (unpaired) electrons. The van der Waals surface area contributed by atoms with Crippen molar-refractivity contribution in [2.75, 3.05) is 18.1 Å². The number of rotatable bonds is 8. The Morgan fingerprint density at radius 1 is 1.03 bits per heavy atom. The van der Waals surface area contributed by atoms with Crippen LogP contribution >= 0.6 is 0 Å². The number of carbonyl (C=O) groups is 4. The van der Waals surface area contributed by atoms with Gasteiger partial charge in [0, 0.05) is 6.07 Å². The van der Waals surface area contributed by atoms with Gasteiger partial charge in [-0.25, -0.2) is 14.5 Å². The van der Waals surface area contributed by atoms with Crippen LogP contribution in [-0.4, -0.2) is 43.1 Å². The SMILES string of the molecule is CCOc1cccc(N2C(=O)NC(=O)/C(=C\c3ccc(OCC(=O)OC(C)C)cc3)C2=O)c1. The molecule has 1 aliphatic heterocycles. The molecule has 9 nitrogen and oxygen atoms in total. The molecule has 4 amide bonds. The second-order valence-corrected chi connectivity index (χ2v) is 7.28. The molecule has 0 unspecified atom stereocenters. The third-order valence-corrected chi connectivity index (χ3v) is 4.40. The molecular formula is C24H24N2O7. The summed E-state index contributed by atoms with van der Waals surface area (Å²) in [6.45, 7) is 5.49. The van der Waals surface area contributed by atoms with E-state index >= 15 is 0 Å². The first kappa shape index (κ1) is 23.5. The van der Waals surface area contributed by atoms with Gasteiger partial charge in [-0.05, 0) is 56.7 Å². The van der Waals surface area contributed by atoms with E-state index in [2.05, 4.69) is 5.32 Å². The Morgan fingerprint density at radius 3 is 2.42 bits per heavy atom. The Bertz CT molecular complexity index is 1090. The fourth-order valence-electron chi connectivity index (χ4n) is 3.04. The summed E-state index contributed by atoms with van der Waals surface area (Å²) >= 11 is 0. The van der Waals surface area contributed by atoms with E-state index in [1.54, 1.807) is 62.4 Å². The minimum absolute atomic E-state index is 0.203. The highest BCUT2D eigenvalue weighted by atomic mass is 16.6. The number of nitrogens with zero attached hydrogens (tertiary/aromatic N) is 1. The zero-order valence-corrected chi connectivity index (χ0v) is 18.5. The summed E-state index contributed by atoms with van der Waals surface area (Å²) in [7, 11) is 0. The maximum absolute atomic E-state index is 13.0. The molecule has 1 saturated heterocycles. The summed E-state index contributed by atoms with van der Waals surface area (Å²) < 4.78 is 15.8. The third-order valence-electron chi connectivity index (χ3n) is 4.40. The van der Waals surface area contributed by atoms with Crippen LogP contribution in [0.4, 0.5) is 10.5 Å². The summed E-state index contributed by atoms with van der Waals surface area (Å²) in [5.41, 5.74) is 0.604. The van der Waals surface area contributed by atoms with Gasteiger partial charge < -0.3 is 14.2 Å². The van der Waals surface area contributed by atoms with E-state index in [1.165, 1.54) is 6.08 Å². The molecule has 3 rings (SSSR count). The monoisotopic (exact) mass is 452 g/mol. The maximum atomic E-state index is 13.0. The van der Waals surface area contributed by atoms with E-state index in [-0.39, 0.29) is 24.0 Å². The molecule has 1 fully saturated rings. The van der Waals surface area contributed by atoms with Crippen molar-refractivity contribution in [3.8, 4) is 11.5 Å². The molecule has 2 aromatic carbocycles. The fraction of sp³-hybridized carbons (Fsp3) is 0.250. The van der Waals surface area contributed by atoms with E-state index < -0.39 is 23.8 Å². The lowest BCUT2D eigenvalue weighted by Gasteiger charge is -2.26. The van der Waals surface area contributed by atoms with Gasteiger partial charge in [0.05, 0.1) is 18.4 Å². The van der Waals surface area contributed by atoms with Crippen molar-refractivity contribution in [3.05, 3.63) is 59.7 Å². The first-order chi connectivity index (χ1) is 15.8. The molecule has 0 aliphatic carbocycles. The van der Waals surface area contributed by atoms with Gasteiger partial charge in [0.1, 0.15) is 17.1 Å². The first-order valence-electron chi connectivity index (χ1n) is 10.3. The third kappa shape index (κ3) is 5.97. The van der Waals surface area contributed by atoms with E-state index in [9.17, 15) is 19.2 Å². The van der Waals surface area contributed by atoms with E-state index in [4.69, 9.17) is 14.2 Å². The molecule has 1 N–H and O–H groups in total. The van der Waals surface area contributed by atoms with Gasteiger partial charge in [0.25, 0.3) is 11.8 Å². The van der Waals surface area contributed by atoms with Crippen LogP contribution in [0.2, 0.25) is 0 Å². The van der Waals surface area contributed by atoms with Crippen LogP contribution < -0.4 is 19.7 Å². The van der Waals surface area contributed by atoms with Crippen molar-refractivity contribution in [1.82, 2.24) is 5.32 Å². The van der Waals surface area contributed by atoms with Gasteiger partial charge >= 0.3 is 12.0 Å². The maximum Gasteiger partial charge on any atom is 0.344 e. The topological polar surface area (TPSA) is 111 Å². The number of urea groups is 1. The summed E-state index contributed by atoms with van der Waals surface area (Å²) in [6, 6.07) is 12.1. The van der Waals surface area contributed by atoms with Crippen LogP contribution in [0.3, 0.4) is 0 Å². The predicted octanol–water partition coefficient (Wildman–Crippen LogP) is 3.08. The van der Waals surface area contributed by atoms with Crippen LogP contribution in [0.15, 0.2) is 54.1 Å². The zero-order chi connectivity index (χ0) is 24.0. The molecule has 0 bridgehead atoms. The van der Waals surface area contributed by atoms with Gasteiger partial charge in [-0.1, -0.05) is 18.2 Å². The minimum Gasteiger partial charge on any atom is -0.494 e. The number of anilines is 1. The van der Waals surface area contributed by atoms with Crippen LogP contribution in [0.25, 0.3) is 6.08 Å². The number of nitrogens with one attached hydrogen (secondary N) is 1. The number of hydrogen-bond acceptors (Lipinski definition) is 7. The molecule has 0 atom stereocenters. The number of benzene rings is 2. The lowest BCUT2D eigenvalue weighted by molar-refractivity contribution is -0.149. The fourth-order valence-corrected chi connectivity index (χ4v) is 3.04. The number of ether oxygens (including phenoxy) is 3. The quantitative estimate of drug-likeness (QED) is 0.372. The second kappa shape index (κ2) is 10.4. The molecule has 0 aromatic heterocycles. The van der Waals surface area contributed by atoms with Crippen molar-refractivity contribution in [2.24, 2.45) is 0 Å². The van der Waals surface area contributed by atoms with Crippen LogP contribution in [0.5, 0.6) is 11.5 Å². The molecule has 9 heteroatoms. The highest BCUT2D eigenvalue weighted by molar-refractivity contribution is 6.39. The van der Waals surface area contributed by atoms with Gasteiger partial charge in [-0.3, -0.25) is 14.9 Å². The highest BCUT2D eigenvalue weighted by Gasteiger charge is 2.36. The standard InChI is InChI=1S/C24H24N2O7/c1-4-31-19-7-5-6-17(13-19)26-23(29)20(22(28)25-24(26)30)12-16-8-10-18(11-9-16)32-14-21(27)33-15(2)3/h5-13,15H,4,14H2,1-3H3,(H,25,28,30)/b20-12+. The lowest BCUT2D eigenvalue weighted by Crippen LogP contribution is -2.54. The number of esters is 1. The predicted molar refractivity (Wildman–Crippen MR) is 120 cm³/mol. The summed E-state index contributed by atoms with van der Waals surface area (Å²) in [5.74, 6) is -1.13. The van der Waals surface area contributed by atoms with Crippen molar-refractivity contribution in [2.45, 2.75) is 26.9 Å². The Kier molecular flexibility index (Phi) is 7.45. The second-order valence-electron chi connectivity index (χ2n) is 7.28. The molecule has 1 heterocycles. The smallest absolute Gasteiger partial charge is 0.344 e. The van der Waals surface area contributed by atoms with Crippen molar-refractivity contribution in [1.29, 1.82) is 0 Å². The normalized spacial score (nSPS) is 15.0. The van der Waals surface area contributed by atoms with Crippen molar-refractivity contribution < 1.29 is 33.4 Å². The van der Waals surface area contributed by atoms with Crippen LogP contribution in [0, 0.1) is 0 Å². The summed E-state index contributed by atoms with van der Waals surface area (Å²) in [4.78, 5) is 50.2. The Morgan fingerprint density at radius 2 is 1.76 bits per heavy atom. The largest absolute Gasteiger partial charge is 0.494 e. The molecule has 172 valence electrons. The highest BCUT2D eigenvalue weighted by Crippen LogP contribution is 2.26. The average Bonchev–Trinajstić information content (AvgIpc) is 2.76. The van der Waals surface area contributed by atoms with Crippen LogP contribution in [0.1, 0.15) is 26.3 Å². The lowest BCUT2D eigenvalue weighted by atomic mass is 10.1. The Labute approximate surface area is 190 Å². The Balaban J connectivity index is 1.77. The molecule has 0 saturated carbocycles. The Hall–Kier alpha value is -4.14. The van der Waals surface area contributed by atoms with E-state index in [0.717, 1.165) is 4.90 Å². The first-order valence-corrected chi connectivity index (χ1v) is 10.3. The van der Waals surface area contributed by atoms with Gasteiger partial charge in [-0.15, -0.1) is 0 Å². The minimum atomic E-state index is -0.840. The number of imide groups is 2. The molecule has 2 aromatic rings. The average molecular weight is 452 g/mol. The van der Waals surface area contributed by atoms with E-state index in [0.29, 0.717) is 23.7 Å². The number of barbiturate groups is 1. The van der Waals surface area contributed by atoms with Gasteiger partial charge in [0.2, 0.25) is 0 Å². The molecular weight excluding hydrogens is 428 g/mol. The molecule has 0 spiro atoms. The summed E-state index contributed by atoms with van der Waals surface area (Å²) in [6.07, 6.45) is 1.14. The van der Waals surface area contributed by atoms with E-state index in [1.807, 2.05) is 6.92 Å². The zero-order valence-electron chi connectivity index (χ0n) is 18.5. The number of amides is 4. The number of hydrogen-bond donors (Lipinski definition) is 1. The molecule has 1 aliphatic rings. The van der Waals surface area contributed by atoms with Crippen molar-refractivity contribution in [3.63, 3.8) is 0 Å². The van der Waals surface area contributed by atoms with Crippen LogP contribution in [-0.2, 0) is 19.1 Å². The van der Waals surface area contributed by atoms with Gasteiger partial charge in [-0.2, -0.15) is 0 Å². The molecule has 33 heavy (non-hydrogen) atoms.